The molecule has 1 fully saturated rings. The SMILES string of the molecule is O=C(NC1CC1)NC1CCc2[nH]c3ccccc3c2C1. The quantitative estimate of drug-likeness (QED) is 0.771. The first-order valence-corrected chi connectivity index (χ1v) is 7.45. The number of aryl methyl sites for hydroxylation is 1. The van der Waals surface area contributed by atoms with Crippen LogP contribution in [0.4, 0.5) is 4.79 Å². The molecule has 1 aromatic heterocycles. The lowest BCUT2D eigenvalue weighted by molar-refractivity contribution is 0.235. The van der Waals surface area contributed by atoms with E-state index in [1.807, 2.05) is 0 Å². The third kappa shape index (κ3) is 2.15. The molecule has 2 amide bonds. The largest absolute Gasteiger partial charge is 0.358 e. The minimum Gasteiger partial charge on any atom is -0.358 e. The molecule has 2 aliphatic rings. The molecule has 1 unspecified atom stereocenters. The Bertz CT molecular complexity index is 657. The highest BCUT2D eigenvalue weighted by atomic mass is 16.2. The Hall–Kier alpha value is -1.97. The summed E-state index contributed by atoms with van der Waals surface area (Å²) in [5, 5.41) is 7.42. The molecule has 1 saturated carbocycles. The van der Waals surface area contributed by atoms with E-state index in [2.05, 4.69) is 39.9 Å². The second kappa shape index (κ2) is 4.54. The van der Waals surface area contributed by atoms with Gasteiger partial charge in [0.25, 0.3) is 0 Å². The number of nitrogens with one attached hydrogen (secondary N) is 3. The highest BCUT2D eigenvalue weighted by molar-refractivity contribution is 5.85. The third-order valence-electron chi connectivity index (χ3n) is 4.34. The van der Waals surface area contributed by atoms with E-state index in [0.29, 0.717) is 6.04 Å². The van der Waals surface area contributed by atoms with Crippen LogP contribution >= 0.6 is 0 Å². The lowest BCUT2D eigenvalue weighted by Gasteiger charge is -2.23. The number of carbonyl (C=O) groups excluding carboxylic acids is 1. The summed E-state index contributed by atoms with van der Waals surface area (Å²) in [5.41, 5.74) is 3.93. The predicted octanol–water partition coefficient (Wildman–Crippen LogP) is 2.49. The Morgan fingerprint density at radius 2 is 1.90 bits per heavy atom. The van der Waals surface area contributed by atoms with Gasteiger partial charge >= 0.3 is 6.03 Å². The lowest BCUT2D eigenvalue weighted by Crippen LogP contribution is -2.45. The van der Waals surface area contributed by atoms with Crippen molar-refractivity contribution in [3.05, 3.63) is 35.5 Å². The minimum absolute atomic E-state index is 0.000733. The smallest absolute Gasteiger partial charge is 0.315 e. The van der Waals surface area contributed by atoms with Crippen molar-refractivity contribution in [3.63, 3.8) is 0 Å². The Morgan fingerprint density at radius 1 is 1.10 bits per heavy atom. The number of benzene rings is 1. The summed E-state index contributed by atoms with van der Waals surface area (Å²) in [7, 11) is 0. The van der Waals surface area contributed by atoms with Crippen molar-refractivity contribution in [1.29, 1.82) is 0 Å². The Labute approximate surface area is 117 Å². The zero-order chi connectivity index (χ0) is 13.5. The maximum absolute atomic E-state index is 11.8. The van der Waals surface area contributed by atoms with E-state index in [0.717, 1.165) is 32.1 Å². The average molecular weight is 269 g/mol. The molecule has 0 radical (unpaired) electrons. The summed E-state index contributed by atoms with van der Waals surface area (Å²) >= 11 is 0. The second-order valence-electron chi connectivity index (χ2n) is 5.96. The molecule has 3 N–H and O–H groups in total. The van der Waals surface area contributed by atoms with Crippen LogP contribution in [0.2, 0.25) is 0 Å². The van der Waals surface area contributed by atoms with Crippen LogP contribution in [-0.2, 0) is 12.8 Å². The van der Waals surface area contributed by atoms with Gasteiger partial charge in [-0.25, -0.2) is 4.79 Å². The van der Waals surface area contributed by atoms with Gasteiger partial charge in [0.15, 0.2) is 0 Å². The Balaban J connectivity index is 1.51. The zero-order valence-electron chi connectivity index (χ0n) is 11.4. The summed E-state index contributed by atoms with van der Waals surface area (Å²) < 4.78 is 0. The second-order valence-corrected chi connectivity index (χ2v) is 5.96. The van der Waals surface area contributed by atoms with Gasteiger partial charge in [-0.1, -0.05) is 18.2 Å². The van der Waals surface area contributed by atoms with E-state index in [-0.39, 0.29) is 12.1 Å². The number of rotatable bonds is 2. The standard InChI is InChI=1S/C16H19N3O/c20-16(17-10-5-6-10)18-11-7-8-15-13(9-11)12-3-1-2-4-14(12)19-15/h1-4,10-11,19H,5-9H2,(H2,17,18,20). The van der Waals surface area contributed by atoms with Crippen LogP contribution in [0.5, 0.6) is 0 Å². The van der Waals surface area contributed by atoms with E-state index in [9.17, 15) is 4.79 Å². The van der Waals surface area contributed by atoms with Gasteiger partial charge in [-0.05, 0) is 43.7 Å². The first-order chi connectivity index (χ1) is 9.79. The maximum Gasteiger partial charge on any atom is 0.315 e. The van der Waals surface area contributed by atoms with Gasteiger partial charge in [0, 0.05) is 28.7 Å². The first-order valence-electron chi connectivity index (χ1n) is 7.45. The zero-order valence-corrected chi connectivity index (χ0v) is 11.4. The molecular formula is C16H19N3O. The van der Waals surface area contributed by atoms with E-state index in [4.69, 9.17) is 0 Å². The van der Waals surface area contributed by atoms with Crippen molar-refractivity contribution in [1.82, 2.24) is 15.6 Å². The Kier molecular flexibility index (Phi) is 2.69. The van der Waals surface area contributed by atoms with Crippen molar-refractivity contribution in [2.45, 2.75) is 44.2 Å². The van der Waals surface area contributed by atoms with Crippen LogP contribution in [0.25, 0.3) is 10.9 Å². The number of carbonyl (C=O) groups is 1. The molecule has 0 saturated heterocycles. The van der Waals surface area contributed by atoms with Crippen molar-refractivity contribution in [2.75, 3.05) is 0 Å². The monoisotopic (exact) mass is 269 g/mol. The minimum atomic E-state index is 0.000733. The molecule has 0 bridgehead atoms. The van der Waals surface area contributed by atoms with Gasteiger partial charge in [-0.15, -0.1) is 0 Å². The van der Waals surface area contributed by atoms with Crippen molar-refractivity contribution in [2.24, 2.45) is 0 Å². The van der Waals surface area contributed by atoms with Crippen molar-refractivity contribution >= 4 is 16.9 Å². The fourth-order valence-corrected chi connectivity index (χ4v) is 3.13. The number of aromatic amines is 1. The molecule has 0 spiro atoms. The fourth-order valence-electron chi connectivity index (χ4n) is 3.13. The summed E-state index contributed by atoms with van der Waals surface area (Å²) in [4.78, 5) is 15.3. The van der Waals surface area contributed by atoms with Gasteiger partial charge in [0.2, 0.25) is 0 Å². The van der Waals surface area contributed by atoms with Crippen LogP contribution in [-0.4, -0.2) is 23.1 Å². The number of aromatic nitrogens is 1. The molecule has 2 aliphatic carbocycles. The molecular weight excluding hydrogens is 250 g/mol. The highest BCUT2D eigenvalue weighted by Crippen LogP contribution is 2.29. The average Bonchev–Trinajstić information content (AvgIpc) is 3.17. The van der Waals surface area contributed by atoms with Crippen LogP contribution in [0, 0.1) is 0 Å². The number of amides is 2. The van der Waals surface area contributed by atoms with Gasteiger partial charge in [-0.2, -0.15) is 0 Å². The molecule has 1 atom stereocenters. The fraction of sp³-hybridized carbons (Fsp3) is 0.438. The molecule has 1 heterocycles. The van der Waals surface area contributed by atoms with Crippen LogP contribution < -0.4 is 10.6 Å². The van der Waals surface area contributed by atoms with Gasteiger partial charge in [-0.3, -0.25) is 0 Å². The predicted molar refractivity (Wildman–Crippen MR) is 78.8 cm³/mol. The van der Waals surface area contributed by atoms with Gasteiger partial charge < -0.3 is 15.6 Å². The highest BCUT2D eigenvalue weighted by Gasteiger charge is 2.26. The lowest BCUT2D eigenvalue weighted by atomic mass is 9.91. The maximum atomic E-state index is 11.8. The third-order valence-corrected chi connectivity index (χ3v) is 4.34. The van der Waals surface area contributed by atoms with Gasteiger partial charge in [0.1, 0.15) is 0 Å². The molecule has 4 heteroatoms. The first kappa shape index (κ1) is 11.8. The molecule has 0 aliphatic heterocycles. The molecule has 4 nitrogen and oxygen atoms in total. The van der Waals surface area contributed by atoms with E-state index < -0.39 is 0 Å². The summed E-state index contributed by atoms with van der Waals surface area (Å²) in [6, 6.07) is 9.09. The van der Waals surface area contributed by atoms with E-state index in [1.165, 1.54) is 22.2 Å². The van der Waals surface area contributed by atoms with Crippen LogP contribution in [0.15, 0.2) is 24.3 Å². The normalized spacial score (nSPS) is 21.5. The van der Waals surface area contributed by atoms with Crippen molar-refractivity contribution in [3.8, 4) is 0 Å². The van der Waals surface area contributed by atoms with E-state index >= 15 is 0 Å². The number of hydrogen-bond donors (Lipinski definition) is 3. The summed E-state index contributed by atoms with van der Waals surface area (Å²) in [6.07, 6.45) is 5.21. The summed E-state index contributed by atoms with van der Waals surface area (Å²) in [6.45, 7) is 0. The number of H-pyrrole nitrogens is 1. The van der Waals surface area contributed by atoms with Gasteiger partial charge in [0.05, 0.1) is 0 Å². The topological polar surface area (TPSA) is 56.9 Å². The van der Waals surface area contributed by atoms with Crippen molar-refractivity contribution < 1.29 is 4.79 Å². The molecule has 20 heavy (non-hydrogen) atoms. The molecule has 104 valence electrons. The number of para-hydroxylation sites is 1. The molecule has 2 aromatic rings. The number of urea groups is 1. The molecule has 1 aromatic carbocycles. The number of fused-ring (bicyclic) bond motifs is 3. The Morgan fingerprint density at radius 3 is 2.75 bits per heavy atom. The van der Waals surface area contributed by atoms with Crippen LogP contribution in [0.1, 0.15) is 30.5 Å². The van der Waals surface area contributed by atoms with Crippen LogP contribution in [0.3, 0.4) is 0 Å². The number of hydrogen-bond acceptors (Lipinski definition) is 1. The van der Waals surface area contributed by atoms with E-state index in [1.54, 1.807) is 0 Å². The molecule has 4 rings (SSSR count). The summed E-state index contributed by atoms with van der Waals surface area (Å²) in [5.74, 6) is 0.